The smallest absolute Gasteiger partial charge is 0.124 e. The van der Waals surface area contributed by atoms with E-state index in [0.29, 0.717) is 5.92 Å². The standard InChI is InChI=1S/C26H37N3O2/c1-18(2)21-7-9-22(10-8-21)26(30,25(5)16-28(6)17-25)23-11-24(13-27-12-23)29-14-19(3)31-20(4)15-29/h7-13,18-20,30H,14-17H2,1-6H3/t19-,20-,26+/m1/s1. The molecule has 4 rings (SSSR count). The van der Waals surface area contributed by atoms with Gasteiger partial charge in [0.15, 0.2) is 0 Å². The lowest BCUT2D eigenvalue weighted by Gasteiger charge is -2.56. The third-order valence-corrected chi connectivity index (χ3v) is 7.03. The summed E-state index contributed by atoms with van der Waals surface area (Å²) in [6.45, 7) is 14.1. The first kappa shape index (κ1) is 22.3. The van der Waals surface area contributed by atoms with Crippen molar-refractivity contribution in [3.8, 4) is 0 Å². The van der Waals surface area contributed by atoms with E-state index in [2.05, 4.69) is 86.8 Å². The normalized spacial score (nSPS) is 25.9. The lowest BCUT2D eigenvalue weighted by atomic mass is 9.62. The van der Waals surface area contributed by atoms with Crippen LogP contribution >= 0.6 is 0 Å². The van der Waals surface area contributed by atoms with Crippen LogP contribution in [0.4, 0.5) is 5.69 Å². The molecule has 0 spiro atoms. The van der Waals surface area contributed by atoms with Crippen LogP contribution in [0.25, 0.3) is 0 Å². The van der Waals surface area contributed by atoms with E-state index in [1.54, 1.807) is 0 Å². The van der Waals surface area contributed by atoms with Gasteiger partial charge in [-0.1, -0.05) is 45.0 Å². The number of likely N-dealkylation sites (tertiary alicyclic amines) is 1. The molecule has 0 saturated carbocycles. The number of ether oxygens (including phenoxy) is 1. The molecule has 31 heavy (non-hydrogen) atoms. The number of aromatic nitrogens is 1. The molecule has 5 nitrogen and oxygen atoms in total. The Hall–Kier alpha value is -1.95. The van der Waals surface area contributed by atoms with Crippen LogP contribution in [-0.4, -0.2) is 60.4 Å². The molecule has 0 bridgehead atoms. The molecule has 2 saturated heterocycles. The average molecular weight is 424 g/mol. The van der Waals surface area contributed by atoms with Crippen LogP contribution < -0.4 is 4.90 Å². The summed E-state index contributed by atoms with van der Waals surface area (Å²) >= 11 is 0. The molecule has 1 aromatic carbocycles. The maximum Gasteiger partial charge on any atom is 0.124 e. The van der Waals surface area contributed by atoms with Crippen LogP contribution in [0.15, 0.2) is 42.7 Å². The highest BCUT2D eigenvalue weighted by atomic mass is 16.5. The van der Waals surface area contributed by atoms with E-state index in [0.717, 1.165) is 43.0 Å². The van der Waals surface area contributed by atoms with E-state index >= 15 is 0 Å². The van der Waals surface area contributed by atoms with Crippen molar-refractivity contribution in [2.24, 2.45) is 5.41 Å². The van der Waals surface area contributed by atoms with Gasteiger partial charge in [0.05, 0.1) is 24.1 Å². The van der Waals surface area contributed by atoms with Crippen molar-refractivity contribution in [1.82, 2.24) is 9.88 Å². The molecule has 2 fully saturated rings. The Balaban J connectivity index is 1.76. The summed E-state index contributed by atoms with van der Waals surface area (Å²) in [5.74, 6) is 0.461. The Morgan fingerprint density at radius 2 is 1.68 bits per heavy atom. The molecule has 0 amide bonds. The maximum absolute atomic E-state index is 12.4. The molecular weight excluding hydrogens is 386 g/mol. The van der Waals surface area contributed by atoms with Crippen molar-refractivity contribution >= 4 is 5.69 Å². The predicted octanol–water partition coefficient (Wildman–Crippen LogP) is 4.01. The molecule has 168 valence electrons. The fourth-order valence-corrected chi connectivity index (χ4v) is 5.53. The van der Waals surface area contributed by atoms with Gasteiger partial charge in [0, 0.05) is 43.4 Å². The van der Waals surface area contributed by atoms with Gasteiger partial charge >= 0.3 is 0 Å². The van der Waals surface area contributed by atoms with Crippen LogP contribution in [0.1, 0.15) is 57.2 Å². The first-order chi connectivity index (χ1) is 14.6. The van der Waals surface area contributed by atoms with Gasteiger partial charge < -0.3 is 19.6 Å². The number of anilines is 1. The molecular formula is C26H37N3O2. The number of nitrogens with zero attached hydrogens (tertiary/aromatic N) is 3. The summed E-state index contributed by atoms with van der Waals surface area (Å²) < 4.78 is 5.91. The number of hydrogen-bond acceptors (Lipinski definition) is 5. The zero-order valence-corrected chi connectivity index (χ0v) is 19.8. The summed E-state index contributed by atoms with van der Waals surface area (Å²) in [4.78, 5) is 9.17. The third-order valence-electron chi connectivity index (χ3n) is 7.03. The maximum atomic E-state index is 12.4. The van der Waals surface area contributed by atoms with Crippen LogP contribution in [0.5, 0.6) is 0 Å². The minimum absolute atomic E-state index is 0.174. The summed E-state index contributed by atoms with van der Waals surface area (Å²) in [6, 6.07) is 10.6. The molecule has 0 unspecified atom stereocenters. The molecule has 5 heteroatoms. The highest BCUT2D eigenvalue weighted by Gasteiger charge is 2.55. The van der Waals surface area contributed by atoms with Gasteiger partial charge in [-0.25, -0.2) is 0 Å². The van der Waals surface area contributed by atoms with Crippen molar-refractivity contribution in [3.05, 3.63) is 59.4 Å². The number of aliphatic hydroxyl groups is 1. The minimum atomic E-state index is -1.11. The molecule has 0 aliphatic carbocycles. The highest BCUT2D eigenvalue weighted by molar-refractivity contribution is 5.51. The molecule has 2 aliphatic rings. The van der Waals surface area contributed by atoms with E-state index in [9.17, 15) is 5.11 Å². The zero-order chi connectivity index (χ0) is 22.4. The second kappa shape index (κ2) is 8.19. The van der Waals surface area contributed by atoms with Gasteiger partial charge in [0.2, 0.25) is 0 Å². The SMILES string of the molecule is CC(C)c1ccc([C@](O)(c2cncc(N3C[C@@H](C)O[C@H](C)C3)c2)C2(C)CN(C)C2)cc1. The quantitative estimate of drug-likeness (QED) is 0.788. The molecule has 0 radical (unpaired) electrons. The Bertz CT molecular complexity index is 897. The summed E-state index contributed by atoms with van der Waals surface area (Å²) in [6.07, 6.45) is 4.10. The van der Waals surface area contributed by atoms with E-state index < -0.39 is 5.60 Å². The number of benzene rings is 1. The summed E-state index contributed by atoms with van der Waals surface area (Å²) in [5, 5.41) is 12.4. The van der Waals surface area contributed by atoms with Gasteiger partial charge in [0.25, 0.3) is 0 Å². The summed E-state index contributed by atoms with van der Waals surface area (Å²) in [5.41, 5.74) is 2.74. The van der Waals surface area contributed by atoms with Gasteiger partial charge in [-0.2, -0.15) is 0 Å². The Morgan fingerprint density at radius 1 is 1.06 bits per heavy atom. The first-order valence-electron chi connectivity index (χ1n) is 11.5. The van der Waals surface area contributed by atoms with E-state index in [-0.39, 0.29) is 17.6 Å². The average Bonchev–Trinajstić information content (AvgIpc) is 2.71. The summed E-state index contributed by atoms with van der Waals surface area (Å²) in [7, 11) is 2.11. The Morgan fingerprint density at radius 3 is 2.23 bits per heavy atom. The van der Waals surface area contributed by atoms with Gasteiger partial charge in [-0.3, -0.25) is 4.98 Å². The molecule has 2 aromatic rings. The van der Waals surface area contributed by atoms with Crippen molar-refractivity contribution in [1.29, 1.82) is 0 Å². The van der Waals surface area contributed by atoms with E-state index in [1.165, 1.54) is 5.56 Å². The van der Waals surface area contributed by atoms with Crippen molar-refractivity contribution < 1.29 is 9.84 Å². The van der Waals surface area contributed by atoms with Crippen molar-refractivity contribution in [2.45, 2.75) is 58.3 Å². The van der Waals surface area contributed by atoms with Crippen LogP contribution in [-0.2, 0) is 10.3 Å². The molecule has 2 aliphatic heterocycles. The monoisotopic (exact) mass is 423 g/mol. The van der Waals surface area contributed by atoms with E-state index in [4.69, 9.17) is 4.74 Å². The Labute approximate surface area is 187 Å². The fraction of sp³-hybridized carbons (Fsp3) is 0.577. The van der Waals surface area contributed by atoms with Gasteiger partial charge in [0.1, 0.15) is 5.60 Å². The van der Waals surface area contributed by atoms with Crippen molar-refractivity contribution in [2.75, 3.05) is 38.1 Å². The van der Waals surface area contributed by atoms with Crippen molar-refractivity contribution in [3.63, 3.8) is 0 Å². The third kappa shape index (κ3) is 3.99. The largest absolute Gasteiger partial charge is 0.380 e. The molecule has 1 N–H and O–H groups in total. The zero-order valence-electron chi connectivity index (χ0n) is 19.8. The second-order valence-electron chi connectivity index (χ2n) is 10.3. The highest BCUT2D eigenvalue weighted by Crippen LogP contribution is 2.50. The van der Waals surface area contributed by atoms with Gasteiger partial charge in [-0.15, -0.1) is 0 Å². The van der Waals surface area contributed by atoms with Crippen LogP contribution in [0.2, 0.25) is 0 Å². The van der Waals surface area contributed by atoms with Crippen LogP contribution in [0, 0.1) is 5.41 Å². The molecule has 1 aromatic heterocycles. The first-order valence-corrected chi connectivity index (χ1v) is 11.5. The fourth-order valence-electron chi connectivity index (χ4n) is 5.53. The van der Waals surface area contributed by atoms with E-state index in [1.807, 2.05) is 12.4 Å². The molecule has 3 atom stereocenters. The van der Waals surface area contributed by atoms with Crippen LogP contribution in [0.3, 0.4) is 0 Å². The minimum Gasteiger partial charge on any atom is -0.380 e. The number of pyridine rings is 1. The topological polar surface area (TPSA) is 48.8 Å². The lowest BCUT2D eigenvalue weighted by molar-refractivity contribution is -0.127. The number of rotatable bonds is 5. The molecule has 3 heterocycles. The second-order valence-corrected chi connectivity index (χ2v) is 10.3. The Kier molecular flexibility index (Phi) is 5.88. The van der Waals surface area contributed by atoms with Gasteiger partial charge in [-0.05, 0) is 44.0 Å². The number of morpholine rings is 1. The predicted molar refractivity (Wildman–Crippen MR) is 126 cm³/mol. The lowest BCUT2D eigenvalue weighted by Crippen LogP contribution is -2.63. The number of hydrogen-bond donors (Lipinski definition) is 1.